The van der Waals surface area contributed by atoms with Crippen molar-refractivity contribution in [3.8, 4) is 0 Å². The van der Waals surface area contributed by atoms with Crippen molar-refractivity contribution in [3.05, 3.63) is 87.9 Å². The van der Waals surface area contributed by atoms with E-state index in [0.717, 1.165) is 5.56 Å². The molecular weight excluding hydrogens is 435 g/mol. The largest absolute Gasteiger partial charge is 0.351 e. The van der Waals surface area contributed by atoms with Gasteiger partial charge in [-0.05, 0) is 42.7 Å². The number of nitrogens with one attached hydrogen (secondary N) is 1. The topological polar surface area (TPSA) is 67.2 Å². The van der Waals surface area contributed by atoms with Gasteiger partial charge in [0.1, 0.15) is 16.0 Å². The lowest BCUT2D eigenvalue weighted by Gasteiger charge is -2.29. The lowest BCUT2D eigenvalue weighted by Crippen LogP contribution is -2.41. The first-order valence-corrected chi connectivity index (χ1v) is 10.6. The standard InChI is InChI=1S/C23H24Cl2N4O2/c1-28-12-6-9-19(28)22(30)26-11-10-18(13-16-7-4-3-5-8-16)29(2)23(31)17-14-20(24)27-21(25)15-17/h3-9,12,14-15,18H,10-11,13H2,1-2H3,(H,26,30)/t18-/m1/s1. The van der Waals surface area contributed by atoms with E-state index >= 15 is 0 Å². The normalized spacial score (nSPS) is 11.7. The van der Waals surface area contributed by atoms with Crippen LogP contribution in [0, 0.1) is 0 Å². The molecule has 0 aliphatic heterocycles. The van der Waals surface area contributed by atoms with E-state index in [1.165, 1.54) is 12.1 Å². The van der Waals surface area contributed by atoms with Crippen LogP contribution in [0.2, 0.25) is 10.3 Å². The number of hydrogen-bond acceptors (Lipinski definition) is 3. The van der Waals surface area contributed by atoms with E-state index in [1.54, 1.807) is 22.6 Å². The van der Waals surface area contributed by atoms with Crippen molar-refractivity contribution in [2.75, 3.05) is 13.6 Å². The van der Waals surface area contributed by atoms with Crippen LogP contribution in [0.5, 0.6) is 0 Å². The number of carbonyl (C=O) groups is 2. The maximum absolute atomic E-state index is 13.1. The lowest BCUT2D eigenvalue weighted by molar-refractivity contribution is 0.0722. The molecule has 3 aromatic rings. The highest BCUT2D eigenvalue weighted by atomic mass is 35.5. The third kappa shape index (κ3) is 6.09. The minimum absolute atomic E-state index is 0.144. The number of carbonyl (C=O) groups excluding carboxylic acids is 2. The number of amides is 2. The fourth-order valence-electron chi connectivity index (χ4n) is 3.42. The predicted octanol–water partition coefficient (Wildman–Crippen LogP) is 4.23. The fourth-order valence-corrected chi connectivity index (χ4v) is 3.88. The monoisotopic (exact) mass is 458 g/mol. The maximum atomic E-state index is 13.1. The van der Waals surface area contributed by atoms with E-state index in [2.05, 4.69) is 10.3 Å². The fraction of sp³-hybridized carbons (Fsp3) is 0.261. The summed E-state index contributed by atoms with van der Waals surface area (Å²) < 4.78 is 1.77. The second kappa shape index (κ2) is 10.5. The Labute approximate surface area is 191 Å². The van der Waals surface area contributed by atoms with Gasteiger partial charge in [0.25, 0.3) is 11.8 Å². The molecule has 0 aliphatic rings. The molecule has 0 saturated heterocycles. The zero-order chi connectivity index (χ0) is 22.4. The van der Waals surface area contributed by atoms with Crippen LogP contribution in [0.15, 0.2) is 60.8 Å². The molecule has 0 bridgehead atoms. The van der Waals surface area contributed by atoms with Crippen molar-refractivity contribution in [1.29, 1.82) is 0 Å². The molecule has 0 aliphatic carbocycles. The summed E-state index contributed by atoms with van der Waals surface area (Å²) in [5, 5.41) is 3.27. The number of halogens is 2. The summed E-state index contributed by atoms with van der Waals surface area (Å²) in [7, 11) is 3.57. The molecule has 3 rings (SSSR count). The second-order valence-corrected chi connectivity index (χ2v) is 8.08. The molecule has 2 aromatic heterocycles. The second-order valence-electron chi connectivity index (χ2n) is 7.31. The van der Waals surface area contributed by atoms with Crippen LogP contribution in [0.3, 0.4) is 0 Å². The summed E-state index contributed by atoms with van der Waals surface area (Å²) in [6.45, 7) is 0.428. The first kappa shape index (κ1) is 22.8. The molecule has 1 aromatic carbocycles. The Bertz CT molecular complexity index is 1030. The van der Waals surface area contributed by atoms with Gasteiger partial charge in [-0.15, -0.1) is 0 Å². The molecule has 2 amide bonds. The molecule has 8 heteroatoms. The van der Waals surface area contributed by atoms with Crippen molar-refractivity contribution in [2.24, 2.45) is 7.05 Å². The van der Waals surface area contributed by atoms with E-state index in [0.29, 0.717) is 30.6 Å². The molecular formula is C23H24Cl2N4O2. The number of rotatable bonds is 8. The SMILES string of the molecule is CN(C(=O)c1cc(Cl)nc(Cl)c1)[C@H](CCNC(=O)c1cccn1C)Cc1ccccc1. The number of aromatic nitrogens is 2. The number of nitrogens with zero attached hydrogens (tertiary/aromatic N) is 3. The zero-order valence-electron chi connectivity index (χ0n) is 17.4. The Morgan fingerprint density at radius 2 is 1.77 bits per heavy atom. The van der Waals surface area contributed by atoms with Crippen molar-refractivity contribution in [2.45, 2.75) is 18.9 Å². The molecule has 162 valence electrons. The molecule has 0 radical (unpaired) electrons. The number of hydrogen-bond donors (Lipinski definition) is 1. The van der Waals surface area contributed by atoms with Crippen LogP contribution in [0.25, 0.3) is 0 Å². The molecule has 31 heavy (non-hydrogen) atoms. The third-order valence-corrected chi connectivity index (χ3v) is 5.52. The highest BCUT2D eigenvalue weighted by Crippen LogP contribution is 2.19. The Morgan fingerprint density at radius 3 is 2.39 bits per heavy atom. The van der Waals surface area contributed by atoms with Crippen LogP contribution in [-0.4, -0.2) is 45.9 Å². The smallest absolute Gasteiger partial charge is 0.267 e. The highest BCUT2D eigenvalue weighted by Gasteiger charge is 2.23. The Hall–Kier alpha value is -2.83. The van der Waals surface area contributed by atoms with E-state index in [4.69, 9.17) is 23.2 Å². The van der Waals surface area contributed by atoms with Crippen molar-refractivity contribution < 1.29 is 9.59 Å². The van der Waals surface area contributed by atoms with E-state index in [-0.39, 0.29) is 28.2 Å². The number of benzene rings is 1. The average Bonchev–Trinajstić information content (AvgIpc) is 3.18. The van der Waals surface area contributed by atoms with Gasteiger partial charge >= 0.3 is 0 Å². The van der Waals surface area contributed by atoms with Gasteiger partial charge in [-0.1, -0.05) is 53.5 Å². The lowest BCUT2D eigenvalue weighted by atomic mass is 10.0. The number of pyridine rings is 1. The maximum Gasteiger partial charge on any atom is 0.267 e. The summed E-state index contributed by atoms with van der Waals surface area (Å²) in [5.41, 5.74) is 2.07. The predicted molar refractivity (Wildman–Crippen MR) is 123 cm³/mol. The van der Waals surface area contributed by atoms with Crippen molar-refractivity contribution >= 4 is 35.0 Å². The Morgan fingerprint density at radius 1 is 1.10 bits per heavy atom. The van der Waals surface area contributed by atoms with Gasteiger partial charge in [0.05, 0.1) is 0 Å². The molecule has 0 unspecified atom stereocenters. The first-order chi connectivity index (χ1) is 14.8. The van der Waals surface area contributed by atoms with E-state index in [9.17, 15) is 9.59 Å². The van der Waals surface area contributed by atoms with Crippen molar-refractivity contribution in [3.63, 3.8) is 0 Å². The number of likely N-dealkylation sites (N-methyl/N-ethyl adjacent to an activating group) is 1. The first-order valence-electron chi connectivity index (χ1n) is 9.89. The summed E-state index contributed by atoms with van der Waals surface area (Å²) in [5.74, 6) is -0.353. The minimum Gasteiger partial charge on any atom is -0.351 e. The van der Waals surface area contributed by atoms with Gasteiger partial charge in [-0.3, -0.25) is 9.59 Å². The zero-order valence-corrected chi connectivity index (χ0v) is 18.9. The van der Waals surface area contributed by atoms with Crippen LogP contribution in [0.4, 0.5) is 0 Å². The van der Waals surface area contributed by atoms with Gasteiger partial charge in [0.2, 0.25) is 0 Å². The van der Waals surface area contributed by atoms with Crippen LogP contribution < -0.4 is 5.32 Å². The van der Waals surface area contributed by atoms with E-state index < -0.39 is 0 Å². The van der Waals surface area contributed by atoms with Gasteiger partial charge in [0.15, 0.2) is 0 Å². The van der Waals surface area contributed by atoms with Gasteiger partial charge in [0, 0.05) is 38.4 Å². The summed E-state index contributed by atoms with van der Waals surface area (Å²) in [6.07, 6.45) is 3.06. The molecule has 1 N–H and O–H groups in total. The van der Waals surface area contributed by atoms with Crippen LogP contribution in [-0.2, 0) is 13.5 Å². The molecule has 0 saturated carbocycles. The summed E-state index contributed by atoms with van der Waals surface area (Å²) in [6, 6.07) is 16.4. The molecule has 1 atom stereocenters. The summed E-state index contributed by atoms with van der Waals surface area (Å²) >= 11 is 11.9. The highest BCUT2D eigenvalue weighted by molar-refractivity contribution is 6.33. The minimum atomic E-state index is -0.208. The summed E-state index contributed by atoms with van der Waals surface area (Å²) in [4.78, 5) is 31.1. The van der Waals surface area contributed by atoms with Gasteiger partial charge in [-0.25, -0.2) is 4.98 Å². The van der Waals surface area contributed by atoms with Gasteiger partial charge in [-0.2, -0.15) is 0 Å². The molecule has 0 fully saturated rings. The number of aryl methyl sites for hydroxylation is 1. The Balaban J connectivity index is 1.73. The van der Waals surface area contributed by atoms with Crippen molar-refractivity contribution in [1.82, 2.24) is 19.8 Å². The van der Waals surface area contributed by atoms with E-state index in [1.807, 2.05) is 49.6 Å². The quantitative estimate of drug-likeness (QED) is 0.513. The van der Waals surface area contributed by atoms with Crippen LogP contribution >= 0.6 is 23.2 Å². The molecule has 6 nitrogen and oxygen atoms in total. The third-order valence-electron chi connectivity index (χ3n) is 5.13. The molecule has 0 spiro atoms. The Kier molecular flexibility index (Phi) is 7.71. The van der Waals surface area contributed by atoms with Gasteiger partial charge < -0.3 is 14.8 Å². The average molecular weight is 459 g/mol. The van der Waals surface area contributed by atoms with Crippen LogP contribution in [0.1, 0.15) is 32.8 Å². The molecule has 2 heterocycles.